The highest BCUT2D eigenvalue weighted by molar-refractivity contribution is 6.31. The van der Waals surface area contributed by atoms with Gasteiger partial charge >= 0.3 is 0 Å². The van der Waals surface area contributed by atoms with Gasteiger partial charge in [0.2, 0.25) is 0 Å². The van der Waals surface area contributed by atoms with Crippen molar-refractivity contribution in [1.82, 2.24) is 4.90 Å². The van der Waals surface area contributed by atoms with Gasteiger partial charge in [0.1, 0.15) is 0 Å². The minimum absolute atomic E-state index is 0.284. The predicted octanol–water partition coefficient (Wildman–Crippen LogP) is 2.52. The molecule has 3 nitrogen and oxygen atoms in total. The SMILES string of the molecule is Nc1cccc(Cl)c1CN1CCCC(CCO)C1. The zero-order valence-electron chi connectivity index (χ0n) is 10.6. The lowest BCUT2D eigenvalue weighted by Gasteiger charge is -2.33. The summed E-state index contributed by atoms with van der Waals surface area (Å²) in [6.07, 6.45) is 3.30. The molecule has 2 rings (SSSR count). The average molecular weight is 269 g/mol. The summed E-state index contributed by atoms with van der Waals surface area (Å²) in [7, 11) is 0. The van der Waals surface area contributed by atoms with E-state index in [1.807, 2.05) is 18.2 Å². The molecule has 4 heteroatoms. The number of anilines is 1. The Morgan fingerprint density at radius 2 is 2.28 bits per heavy atom. The average Bonchev–Trinajstić information content (AvgIpc) is 2.35. The first-order valence-electron chi connectivity index (χ1n) is 6.56. The molecule has 100 valence electrons. The van der Waals surface area contributed by atoms with Crippen LogP contribution in [-0.4, -0.2) is 29.7 Å². The fraction of sp³-hybridized carbons (Fsp3) is 0.571. The third-order valence-electron chi connectivity index (χ3n) is 3.68. The first-order valence-corrected chi connectivity index (χ1v) is 6.94. The summed E-state index contributed by atoms with van der Waals surface area (Å²) in [6.45, 7) is 3.22. The van der Waals surface area contributed by atoms with Crippen molar-refractivity contribution in [3.8, 4) is 0 Å². The van der Waals surface area contributed by atoms with Crippen molar-refractivity contribution < 1.29 is 5.11 Å². The summed E-state index contributed by atoms with van der Waals surface area (Å²) in [5.74, 6) is 0.604. The highest BCUT2D eigenvalue weighted by atomic mass is 35.5. The number of halogens is 1. The predicted molar refractivity (Wildman–Crippen MR) is 75.6 cm³/mol. The number of hydrogen-bond donors (Lipinski definition) is 2. The van der Waals surface area contributed by atoms with Crippen LogP contribution in [0.25, 0.3) is 0 Å². The second-order valence-corrected chi connectivity index (χ2v) is 5.47. The molecule has 3 N–H and O–H groups in total. The van der Waals surface area contributed by atoms with E-state index in [0.29, 0.717) is 5.92 Å². The van der Waals surface area contributed by atoms with Crippen LogP contribution in [0.4, 0.5) is 5.69 Å². The van der Waals surface area contributed by atoms with E-state index in [-0.39, 0.29) is 6.61 Å². The van der Waals surface area contributed by atoms with Gasteiger partial charge in [-0.25, -0.2) is 0 Å². The third-order valence-corrected chi connectivity index (χ3v) is 4.03. The Morgan fingerprint density at radius 1 is 1.44 bits per heavy atom. The number of aliphatic hydroxyl groups excluding tert-OH is 1. The summed E-state index contributed by atoms with van der Waals surface area (Å²) >= 11 is 6.20. The van der Waals surface area contributed by atoms with Gasteiger partial charge in [-0.15, -0.1) is 0 Å². The molecule has 1 saturated heterocycles. The molecular weight excluding hydrogens is 248 g/mol. The topological polar surface area (TPSA) is 49.5 Å². The Morgan fingerprint density at radius 3 is 3.00 bits per heavy atom. The van der Waals surface area contributed by atoms with Crippen LogP contribution in [0.5, 0.6) is 0 Å². The molecule has 1 fully saturated rings. The minimum atomic E-state index is 0.284. The maximum Gasteiger partial charge on any atom is 0.0471 e. The second kappa shape index (κ2) is 6.41. The smallest absolute Gasteiger partial charge is 0.0471 e. The van der Waals surface area contributed by atoms with E-state index in [1.54, 1.807) is 0 Å². The molecule has 1 aromatic rings. The van der Waals surface area contributed by atoms with Crippen LogP contribution in [0.1, 0.15) is 24.8 Å². The fourth-order valence-electron chi connectivity index (χ4n) is 2.68. The van der Waals surface area contributed by atoms with E-state index in [0.717, 1.165) is 42.3 Å². The lowest BCUT2D eigenvalue weighted by molar-refractivity contribution is 0.142. The lowest BCUT2D eigenvalue weighted by atomic mass is 9.95. The molecular formula is C14H21ClN2O. The lowest BCUT2D eigenvalue weighted by Crippen LogP contribution is -2.35. The fourth-order valence-corrected chi connectivity index (χ4v) is 2.92. The molecule has 0 saturated carbocycles. The van der Waals surface area contributed by atoms with Gasteiger partial charge in [0, 0.05) is 36.0 Å². The molecule has 0 radical (unpaired) electrons. The summed E-state index contributed by atoms with van der Waals surface area (Å²) < 4.78 is 0. The van der Waals surface area contributed by atoms with E-state index in [9.17, 15) is 0 Å². The van der Waals surface area contributed by atoms with E-state index < -0.39 is 0 Å². The van der Waals surface area contributed by atoms with Crippen LogP contribution in [0.2, 0.25) is 5.02 Å². The molecule has 0 amide bonds. The van der Waals surface area contributed by atoms with Crippen molar-refractivity contribution in [3.05, 3.63) is 28.8 Å². The van der Waals surface area contributed by atoms with Crippen LogP contribution in [0.15, 0.2) is 18.2 Å². The molecule has 1 heterocycles. The van der Waals surface area contributed by atoms with Crippen molar-refractivity contribution in [1.29, 1.82) is 0 Å². The van der Waals surface area contributed by atoms with Crippen LogP contribution >= 0.6 is 11.6 Å². The molecule has 0 bridgehead atoms. The molecule has 1 aliphatic heterocycles. The largest absolute Gasteiger partial charge is 0.398 e. The number of nitrogens with two attached hydrogens (primary N) is 1. The van der Waals surface area contributed by atoms with Crippen LogP contribution in [-0.2, 0) is 6.54 Å². The van der Waals surface area contributed by atoms with Crippen LogP contribution in [0.3, 0.4) is 0 Å². The van der Waals surface area contributed by atoms with Crippen molar-refractivity contribution in [2.45, 2.75) is 25.8 Å². The van der Waals surface area contributed by atoms with Gasteiger partial charge in [0.25, 0.3) is 0 Å². The van der Waals surface area contributed by atoms with E-state index in [4.69, 9.17) is 22.4 Å². The van der Waals surface area contributed by atoms with E-state index in [2.05, 4.69) is 4.90 Å². The Hall–Kier alpha value is -0.770. The number of nitrogen functional groups attached to an aromatic ring is 1. The maximum absolute atomic E-state index is 9.02. The van der Waals surface area contributed by atoms with Gasteiger partial charge in [0.05, 0.1) is 0 Å². The van der Waals surface area contributed by atoms with Gasteiger partial charge < -0.3 is 10.8 Å². The van der Waals surface area contributed by atoms with Gasteiger partial charge in [-0.1, -0.05) is 17.7 Å². The summed E-state index contributed by atoms with van der Waals surface area (Å²) in [6, 6.07) is 5.67. The quantitative estimate of drug-likeness (QED) is 0.825. The van der Waals surface area contributed by atoms with Crippen molar-refractivity contribution in [3.63, 3.8) is 0 Å². The first-order chi connectivity index (χ1) is 8.70. The minimum Gasteiger partial charge on any atom is -0.398 e. The number of rotatable bonds is 4. The third kappa shape index (κ3) is 3.37. The number of piperidine rings is 1. The molecule has 1 aliphatic rings. The number of aliphatic hydroxyl groups is 1. The number of nitrogens with zero attached hydrogens (tertiary/aromatic N) is 1. The van der Waals surface area contributed by atoms with Gasteiger partial charge in [-0.3, -0.25) is 4.90 Å². The van der Waals surface area contributed by atoms with Crippen molar-refractivity contribution in [2.75, 3.05) is 25.4 Å². The number of hydrogen-bond acceptors (Lipinski definition) is 3. The summed E-state index contributed by atoms with van der Waals surface area (Å²) in [5, 5.41) is 9.77. The Bertz CT molecular complexity index is 375. The zero-order valence-corrected chi connectivity index (χ0v) is 11.4. The summed E-state index contributed by atoms with van der Waals surface area (Å²) in [4.78, 5) is 2.39. The second-order valence-electron chi connectivity index (χ2n) is 5.06. The Labute approximate surface area is 114 Å². The van der Waals surface area contributed by atoms with Crippen LogP contribution in [0, 0.1) is 5.92 Å². The number of likely N-dealkylation sites (tertiary alicyclic amines) is 1. The van der Waals surface area contributed by atoms with Crippen LogP contribution < -0.4 is 5.73 Å². The first kappa shape index (κ1) is 13.7. The number of benzene rings is 1. The van der Waals surface area contributed by atoms with E-state index in [1.165, 1.54) is 12.8 Å². The van der Waals surface area contributed by atoms with Gasteiger partial charge in [-0.05, 0) is 43.9 Å². The monoisotopic (exact) mass is 268 g/mol. The normalized spacial score (nSPS) is 21.1. The molecule has 1 aromatic carbocycles. The zero-order chi connectivity index (χ0) is 13.0. The Kier molecular flexibility index (Phi) is 4.87. The molecule has 1 atom stereocenters. The summed E-state index contributed by atoms with van der Waals surface area (Å²) in [5.41, 5.74) is 7.78. The Balaban J connectivity index is 2.00. The van der Waals surface area contributed by atoms with Crippen molar-refractivity contribution in [2.24, 2.45) is 5.92 Å². The van der Waals surface area contributed by atoms with Gasteiger partial charge in [0.15, 0.2) is 0 Å². The highest BCUT2D eigenvalue weighted by Gasteiger charge is 2.20. The highest BCUT2D eigenvalue weighted by Crippen LogP contribution is 2.26. The van der Waals surface area contributed by atoms with Gasteiger partial charge in [-0.2, -0.15) is 0 Å². The molecule has 0 spiro atoms. The van der Waals surface area contributed by atoms with E-state index >= 15 is 0 Å². The van der Waals surface area contributed by atoms with Crippen molar-refractivity contribution >= 4 is 17.3 Å². The maximum atomic E-state index is 9.02. The molecule has 0 aromatic heterocycles. The standard InChI is InChI=1S/C14H21ClN2O/c15-13-4-1-5-14(16)12(13)10-17-7-2-3-11(9-17)6-8-18/h1,4-5,11,18H,2-3,6-10,16H2. The molecule has 0 aliphatic carbocycles. The molecule has 1 unspecified atom stereocenters. The molecule has 18 heavy (non-hydrogen) atoms.